The minimum atomic E-state index is -0.745. The van der Waals surface area contributed by atoms with Crippen LogP contribution in [0.25, 0.3) is 0 Å². The molecule has 1 aromatic carbocycles. The second kappa shape index (κ2) is 5.09. The number of hydrogen-bond acceptors (Lipinski definition) is 4. The van der Waals surface area contributed by atoms with E-state index in [2.05, 4.69) is 10.6 Å². The molecule has 19 heavy (non-hydrogen) atoms. The molecule has 1 aliphatic heterocycles. The highest BCUT2D eigenvalue weighted by Gasteiger charge is 2.28. The van der Waals surface area contributed by atoms with Crippen molar-refractivity contribution in [1.29, 1.82) is 0 Å². The number of carbonyl (C=O) groups is 3. The minimum absolute atomic E-state index is 0.104. The molecule has 1 aliphatic rings. The topological polar surface area (TPSA) is 95.5 Å². The molecule has 1 atom stereocenters. The quantitative estimate of drug-likeness (QED) is 0.665. The molecule has 1 fully saturated rings. The Bertz CT molecular complexity index is 554. The molecule has 3 N–H and O–H groups in total. The number of nitrogens with one attached hydrogen (secondary N) is 2. The molecule has 100 valence electrons. The van der Waals surface area contributed by atoms with E-state index in [9.17, 15) is 19.5 Å². The second-order valence-electron chi connectivity index (χ2n) is 4.45. The number of imide groups is 1. The summed E-state index contributed by atoms with van der Waals surface area (Å²) in [6, 6.07) is 4.06. The van der Waals surface area contributed by atoms with E-state index in [0.717, 1.165) is 0 Å². The number of phenolic OH excluding ortho intramolecular Hbond substituents is 1. The van der Waals surface area contributed by atoms with Gasteiger partial charge in [0.1, 0.15) is 11.8 Å². The Kier molecular flexibility index (Phi) is 3.50. The molecule has 0 bridgehead atoms. The molecule has 1 unspecified atom stereocenters. The van der Waals surface area contributed by atoms with Gasteiger partial charge in [0, 0.05) is 6.42 Å². The van der Waals surface area contributed by atoms with Crippen LogP contribution in [0, 0.1) is 6.92 Å². The summed E-state index contributed by atoms with van der Waals surface area (Å²) in [7, 11) is 0. The predicted octanol–water partition coefficient (Wildman–Crippen LogP) is 0.236. The van der Waals surface area contributed by atoms with Crippen molar-refractivity contribution in [3.8, 4) is 5.75 Å². The highest BCUT2D eigenvalue weighted by atomic mass is 16.3. The molecule has 1 saturated heterocycles. The van der Waals surface area contributed by atoms with E-state index in [1.54, 1.807) is 19.1 Å². The number of amides is 3. The summed E-state index contributed by atoms with van der Waals surface area (Å²) < 4.78 is 0. The van der Waals surface area contributed by atoms with E-state index in [-0.39, 0.29) is 30.1 Å². The van der Waals surface area contributed by atoms with E-state index in [0.29, 0.717) is 5.56 Å². The van der Waals surface area contributed by atoms with Crippen LogP contribution < -0.4 is 10.6 Å². The summed E-state index contributed by atoms with van der Waals surface area (Å²) in [5.41, 5.74) is 0.695. The Morgan fingerprint density at radius 2 is 2.16 bits per heavy atom. The number of aryl methyl sites for hydroxylation is 1. The molecule has 1 heterocycles. The van der Waals surface area contributed by atoms with Gasteiger partial charge in [-0.25, -0.2) is 0 Å². The van der Waals surface area contributed by atoms with Gasteiger partial charge < -0.3 is 10.4 Å². The first-order valence-corrected chi connectivity index (χ1v) is 5.92. The lowest BCUT2D eigenvalue weighted by Crippen LogP contribution is -2.52. The summed E-state index contributed by atoms with van der Waals surface area (Å²) >= 11 is 0. The van der Waals surface area contributed by atoms with Crippen LogP contribution in [0.15, 0.2) is 18.2 Å². The maximum absolute atomic E-state index is 12.0. The van der Waals surface area contributed by atoms with Crippen molar-refractivity contribution in [1.82, 2.24) is 10.6 Å². The van der Waals surface area contributed by atoms with Crippen LogP contribution in [0.5, 0.6) is 5.75 Å². The van der Waals surface area contributed by atoms with Gasteiger partial charge in [0.2, 0.25) is 11.8 Å². The largest absolute Gasteiger partial charge is 0.507 e. The number of aromatic hydroxyl groups is 1. The van der Waals surface area contributed by atoms with Gasteiger partial charge in [0.25, 0.3) is 5.91 Å². The van der Waals surface area contributed by atoms with Crippen molar-refractivity contribution in [3.05, 3.63) is 29.3 Å². The molecule has 0 saturated carbocycles. The van der Waals surface area contributed by atoms with Crippen LogP contribution in [0.4, 0.5) is 0 Å². The van der Waals surface area contributed by atoms with Crippen LogP contribution in [0.1, 0.15) is 28.8 Å². The van der Waals surface area contributed by atoms with Crippen molar-refractivity contribution >= 4 is 17.7 Å². The molecule has 1 aromatic rings. The number of phenols is 1. The Morgan fingerprint density at radius 3 is 2.84 bits per heavy atom. The van der Waals surface area contributed by atoms with Crippen LogP contribution >= 0.6 is 0 Å². The van der Waals surface area contributed by atoms with E-state index < -0.39 is 17.9 Å². The monoisotopic (exact) mass is 262 g/mol. The first-order valence-electron chi connectivity index (χ1n) is 5.92. The zero-order chi connectivity index (χ0) is 14.0. The number of benzene rings is 1. The van der Waals surface area contributed by atoms with Crippen LogP contribution in [0.3, 0.4) is 0 Å². The van der Waals surface area contributed by atoms with Gasteiger partial charge >= 0.3 is 0 Å². The average Bonchev–Trinajstić information content (AvgIpc) is 2.36. The third-order valence-electron chi connectivity index (χ3n) is 3.03. The molecule has 0 spiro atoms. The Hall–Kier alpha value is -2.37. The van der Waals surface area contributed by atoms with Crippen molar-refractivity contribution in [3.63, 3.8) is 0 Å². The van der Waals surface area contributed by atoms with Crippen molar-refractivity contribution < 1.29 is 19.5 Å². The average molecular weight is 262 g/mol. The SMILES string of the molecule is Cc1cccc(C(=O)NC2CCC(=O)NC2=O)c1O. The second-order valence-corrected chi connectivity index (χ2v) is 4.45. The van der Waals surface area contributed by atoms with Crippen LogP contribution in [-0.4, -0.2) is 28.9 Å². The third kappa shape index (κ3) is 2.73. The highest BCUT2D eigenvalue weighted by molar-refractivity contribution is 6.04. The summed E-state index contributed by atoms with van der Waals surface area (Å²) in [6.07, 6.45) is 0.458. The number of hydrogen-bond donors (Lipinski definition) is 3. The first kappa shape index (κ1) is 13.1. The molecular formula is C13H14N2O4. The van der Waals surface area contributed by atoms with Crippen LogP contribution in [0.2, 0.25) is 0 Å². The van der Waals surface area contributed by atoms with Crippen molar-refractivity contribution in [2.24, 2.45) is 0 Å². The molecule has 6 heteroatoms. The summed E-state index contributed by atoms with van der Waals surface area (Å²) in [6.45, 7) is 1.68. The minimum Gasteiger partial charge on any atom is -0.507 e. The molecule has 3 amide bonds. The van der Waals surface area contributed by atoms with Gasteiger partial charge in [-0.05, 0) is 25.0 Å². The number of para-hydroxylation sites is 1. The van der Waals surface area contributed by atoms with Crippen molar-refractivity contribution in [2.75, 3.05) is 0 Å². The maximum Gasteiger partial charge on any atom is 0.255 e. The number of piperidine rings is 1. The van der Waals surface area contributed by atoms with Gasteiger partial charge in [-0.3, -0.25) is 19.7 Å². The van der Waals surface area contributed by atoms with E-state index in [1.165, 1.54) is 6.07 Å². The fourth-order valence-corrected chi connectivity index (χ4v) is 1.91. The Balaban J connectivity index is 2.11. The fraction of sp³-hybridized carbons (Fsp3) is 0.308. The molecule has 0 radical (unpaired) electrons. The van der Waals surface area contributed by atoms with Crippen molar-refractivity contribution in [2.45, 2.75) is 25.8 Å². The lowest BCUT2D eigenvalue weighted by molar-refractivity contribution is -0.134. The summed E-state index contributed by atoms with van der Waals surface area (Å²) in [5.74, 6) is -1.49. The van der Waals surface area contributed by atoms with Gasteiger partial charge in [0.05, 0.1) is 5.56 Å². The summed E-state index contributed by atoms with van der Waals surface area (Å²) in [4.78, 5) is 34.5. The van der Waals surface area contributed by atoms with E-state index >= 15 is 0 Å². The van der Waals surface area contributed by atoms with Gasteiger partial charge in [-0.15, -0.1) is 0 Å². The van der Waals surface area contributed by atoms with Gasteiger partial charge in [-0.1, -0.05) is 12.1 Å². The van der Waals surface area contributed by atoms with E-state index in [1.807, 2.05) is 0 Å². The maximum atomic E-state index is 12.0. The Labute approximate surface area is 109 Å². The normalized spacial score (nSPS) is 18.9. The lowest BCUT2D eigenvalue weighted by Gasteiger charge is -2.22. The predicted molar refractivity (Wildman–Crippen MR) is 66.5 cm³/mol. The fourth-order valence-electron chi connectivity index (χ4n) is 1.91. The molecule has 0 aliphatic carbocycles. The van der Waals surface area contributed by atoms with E-state index in [4.69, 9.17) is 0 Å². The van der Waals surface area contributed by atoms with Gasteiger partial charge in [-0.2, -0.15) is 0 Å². The third-order valence-corrected chi connectivity index (χ3v) is 3.03. The highest BCUT2D eigenvalue weighted by Crippen LogP contribution is 2.21. The lowest BCUT2D eigenvalue weighted by atomic mass is 10.0. The van der Waals surface area contributed by atoms with Gasteiger partial charge in [0.15, 0.2) is 0 Å². The smallest absolute Gasteiger partial charge is 0.255 e. The number of rotatable bonds is 2. The molecule has 2 rings (SSSR count). The number of carbonyl (C=O) groups excluding carboxylic acids is 3. The first-order chi connectivity index (χ1) is 8.99. The molecule has 0 aromatic heterocycles. The van der Waals surface area contributed by atoms with Crippen LogP contribution in [-0.2, 0) is 9.59 Å². The molecule has 6 nitrogen and oxygen atoms in total. The Morgan fingerprint density at radius 1 is 1.42 bits per heavy atom. The zero-order valence-corrected chi connectivity index (χ0v) is 10.4. The molecular weight excluding hydrogens is 248 g/mol. The summed E-state index contributed by atoms with van der Waals surface area (Å²) in [5, 5.41) is 14.5. The standard InChI is InChI=1S/C13H14N2O4/c1-7-3-2-4-8(11(7)17)12(18)14-9-5-6-10(16)15-13(9)19/h2-4,9,17H,5-6H2,1H3,(H,14,18)(H,15,16,19). The zero-order valence-electron chi connectivity index (χ0n) is 10.4.